The maximum atomic E-state index is 12.6. The van der Waals surface area contributed by atoms with Crippen LogP contribution in [0.15, 0.2) is 30.3 Å². The van der Waals surface area contributed by atoms with Crippen LogP contribution < -0.4 is 16.4 Å². The molecule has 0 bridgehead atoms. The molecule has 2 atom stereocenters. The summed E-state index contributed by atoms with van der Waals surface area (Å²) >= 11 is 0. The zero-order chi connectivity index (χ0) is 24.1. The van der Waals surface area contributed by atoms with Gasteiger partial charge in [0.2, 0.25) is 5.91 Å². The first-order valence-electron chi connectivity index (χ1n) is 10.2. The van der Waals surface area contributed by atoms with E-state index in [9.17, 15) is 18.0 Å². The number of rotatable bonds is 9. The first-order valence-corrected chi connectivity index (χ1v) is 12.0. The van der Waals surface area contributed by atoms with Crippen LogP contribution in [0.1, 0.15) is 52.5 Å². The van der Waals surface area contributed by atoms with Gasteiger partial charge in [0.1, 0.15) is 11.6 Å². The fourth-order valence-electron chi connectivity index (χ4n) is 2.57. The van der Waals surface area contributed by atoms with Crippen LogP contribution in [0, 0.1) is 0 Å². The molecule has 0 radical (unpaired) electrons. The van der Waals surface area contributed by atoms with Gasteiger partial charge in [-0.15, -0.1) is 0 Å². The third-order valence-corrected chi connectivity index (χ3v) is 3.73. The topological polar surface area (TPSA) is 148 Å². The van der Waals surface area contributed by atoms with Gasteiger partial charge in [-0.05, 0) is 65.5 Å². The first-order chi connectivity index (χ1) is 14.2. The summed E-state index contributed by atoms with van der Waals surface area (Å²) in [5.41, 5.74) is 6.07. The molecule has 0 aromatic heterocycles. The SMILES string of the molecule is CS(=O)(=O)O.C[C@@H](Cc1ccccc1)NC(=O)[C@H](CCCCN)NC(=O)OC(C)(C)C. The molecule has 0 aliphatic carbocycles. The molecule has 0 fully saturated rings. The van der Waals surface area contributed by atoms with Crippen molar-refractivity contribution in [3.05, 3.63) is 35.9 Å². The molecule has 9 nitrogen and oxygen atoms in total. The summed E-state index contributed by atoms with van der Waals surface area (Å²) in [6.07, 6.45) is 2.96. The smallest absolute Gasteiger partial charge is 0.408 e. The molecule has 1 aromatic rings. The Balaban J connectivity index is 0.00000161. The number of hydrogen-bond donors (Lipinski definition) is 4. The van der Waals surface area contributed by atoms with Crippen molar-refractivity contribution in [3.63, 3.8) is 0 Å². The molecular weight excluding hydrogens is 422 g/mol. The molecule has 0 aliphatic heterocycles. The lowest BCUT2D eigenvalue weighted by Crippen LogP contribution is -2.50. The first kappa shape index (κ1) is 28.8. The summed E-state index contributed by atoms with van der Waals surface area (Å²) in [4.78, 5) is 24.7. The van der Waals surface area contributed by atoms with E-state index in [1.165, 1.54) is 0 Å². The molecule has 0 heterocycles. The number of nitrogens with two attached hydrogens (primary N) is 1. The van der Waals surface area contributed by atoms with Crippen LogP contribution in [0.2, 0.25) is 0 Å². The Morgan fingerprint density at radius 3 is 2.16 bits per heavy atom. The van der Waals surface area contributed by atoms with Crippen LogP contribution in [0.5, 0.6) is 0 Å². The number of hydrogen-bond acceptors (Lipinski definition) is 6. The van der Waals surface area contributed by atoms with Crippen molar-refractivity contribution in [2.24, 2.45) is 5.73 Å². The summed E-state index contributed by atoms with van der Waals surface area (Å²) in [6, 6.07) is 9.30. The molecule has 10 heteroatoms. The van der Waals surface area contributed by atoms with E-state index < -0.39 is 27.9 Å². The van der Waals surface area contributed by atoms with Gasteiger partial charge in [0.15, 0.2) is 0 Å². The number of nitrogens with one attached hydrogen (secondary N) is 2. The minimum Gasteiger partial charge on any atom is -0.444 e. The van der Waals surface area contributed by atoms with Gasteiger partial charge in [-0.1, -0.05) is 30.3 Å². The fourth-order valence-corrected chi connectivity index (χ4v) is 2.57. The van der Waals surface area contributed by atoms with E-state index in [1.54, 1.807) is 20.8 Å². The summed E-state index contributed by atoms with van der Waals surface area (Å²) in [5.74, 6) is -0.198. The number of amides is 2. The van der Waals surface area contributed by atoms with Crippen LogP contribution in [-0.4, -0.2) is 55.5 Å². The Morgan fingerprint density at radius 2 is 1.68 bits per heavy atom. The number of carbonyl (C=O) groups excluding carboxylic acids is 2. The number of benzene rings is 1. The molecule has 178 valence electrons. The number of alkyl carbamates (subject to hydrolysis) is 1. The van der Waals surface area contributed by atoms with Crippen LogP contribution in [0.3, 0.4) is 0 Å². The van der Waals surface area contributed by atoms with E-state index >= 15 is 0 Å². The van der Waals surface area contributed by atoms with Crippen molar-refractivity contribution >= 4 is 22.1 Å². The lowest BCUT2D eigenvalue weighted by atomic mass is 10.1. The fraction of sp³-hybridized carbons (Fsp3) is 0.619. The van der Waals surface area contributed by atoms with Crippen LogP contribution in [0.4, 0.5) is 4.79 Å². The summed E-state index contributed by atoms with van der Waals surface area (Å²) in [7, 11) is -3.67. The molecular formula is C21H37N3O6S. The summed E-state index contributed by atoms with van der Waals surface area (Å²) in [5, 5.41) is 5.67. The van der Waals surface area contributed by atoms with Gasteiger partial charge in [-0.25, -0.2) is 4.79 Å². The second-order valence-electron chi connectivity index (χ2n) is 8.32. The largest absolute Gasteiger partial charge is 0.444 e. The zero-order valence-electron chi connectivity index (χ0n) is 19.1. The van der Waals surface area contributed by atoms with Gasteiger partial charge in [-0.3, -0.25) is 9.35 Å². The molecule has 1 rings (SSSR count). The number of carbonyl (C=O) groups is 2. The quantitative estimate of drug-likeness (QED) is 0.327. The van der Waals surface area contributed by atoms with Gasteiger partial charge >= 0.3 is 6.09 Å². The van der Waals surface area contributed by atoms with E-state index in [-0.39, 0.29) is 11.9 Å². The van der Waals surface area contributed by atoms with Gasteiger partial charge in [0, 0.05) is 6.04 Å². The predicted octanol–water partition coefficient (Wildman–Crippen LogP) is 2.26. The molecule has 0 saturated heterocycles. The molecule has 0 saturated carbocycles. The Kier molecular flexibility index (Phi) is 13.0. The summed E-state index contributed by atoms with van der Waals surface area (Å²) < 4.78 is 31.1. The second-order valence-corrected chi connectivity index (χ2v) is 9.78. The normalized spacial score (nSPS) is 13.3. The van der Waals surface area contributed by atoms with E-state index in [0.29, 0.717) is 19.2 Å². The van der Waals surface area contributed by atoms with Crippen molar-refractivity contribution in [1.82, 2.24) is 10.6 Å². The Hall–Kier alpha value is -2.17. The van der Waals surface area contributed by atoms with Crippen molar-refractivity contribution in [1.29, 1.82) is 0 Å². The minimum absolute atomic E-state index is 0.0395. The highest BCUT2D eigenvalue weighted by Gasteiger charge is 2.24. The van der Waals surface area contributed by atoms with Gasteiger partial charge in [0.25, 0.3) is 10.1 Å². The van der Waals surface area contributed by atoms with Crippen LogP contribution >= 0.6 is 0 Å². The number of unbranched alkanes of at least 4 members (excludes halogenated alkanes) is 1. The Morgan fingerprint density at radius 1 is 1.13 bits per heavy atom. The van der Waals surface area contributed by atoms with Gasteiger partial charge < -0.3 is 21.1 Å². The lowest BCUT2D eigenvalue weighted by Gasteiger charge is -2.24. The molecule has 0 unspecified atom stereocenters. The Bertz CT molecular complexity index is 755. The van der Waals surface area contributed by atoms with Gasteiger partial charge in [-0.2, -0.15) is 8.42 Å². The van der Waals surface area contributed by atoms with E-state index in [4.69, 9.17) is 15.0 Å². The standard InChI is InChI=1S/C20H33N3O3.CH4O3S/c1-15(14-16-10-6-5-7-11-16)22-18(24)17(12-8-9-13-21)23-19(25)26-20(2,3)4;1-5(2,3)4/h5-7,10-11,15,17H,8-9,12-14,21H2,1-4H3,(H,22,24)(H,23,25);1H3,(H,2,3,4)/t15-,17-;/m0./s1. The Labute approximate surface area is 185 Å². The highest BCUT2D eigenvalue weighted by molar-refractivity contribution is 7.85. The van der Waals surface area contributed by atoms with E-state index in [0.717, 1.165) is 24.8 Å². The molecule has 5 N–H and O–H groups in total. The highest BCUT2D eigenvalue weighted by atomic mass is 32.2. The minimum atomic E-state index is -3.67. The van der Waals surface area contributed by atoms with Crippen LogP contribution in [0.25, 0.3) is 0 Å². The summed E-state index contributed by atoms with van der Waals surface area (Å²) in [6.45, 7) is 7.88. The molecule has 2 amide bonds. The van der Waals surface area contributed by atoms with Crippen molar-refractivity contribution < 1.29 is 27.3 Å². The van der Waals surface area contributed by atoms with Crippen molar-refractivity contribution in [3.8, 4) is 0 Å². The number of ether oxygens (including phenoxy) is 1. The molecule has 0 aliphatic rings. The molecule has 0 spiro atoms. The lowest BCUT2D eigenvalue weighted by molar-refractivity contribution is -0.124. The maximum Gasteiger partial charge on any atom is 0.408 e. The third kappa shape index (κ3) is 18.3. The highest BCUT2D eigenvalue weighted by Crippen LogP contribution is 2.09. The van der Waals surface area contributed by atoms with E-state index in [2.05, 4.69) is 10.6 Å². The van der Waals surface area contributed by atoms with E-state index in [1.807, 2.05) is 37.3 Å². The van der Waals surface area contributed by atoms with Crippen LogP contribution in [-0.2, 0) is 26.1 Å². The zero-order valence-corrected chi connectivity index (χ0v) is 19.9. The monoisotopic (exact) mass is 459 g/mol. The van der Waals surface area contributed by atoms with Crippen molar-refractivity contribution in [2.45, 2.75) is 71.1 Å². The van der Waals surface area contributed by atoms with Gasteiger partial charge in [0.05, 0.1) is 6.26 Å². The van der Waals surface area contributed by atoms with Crippen molar-refractivity contribution in [2.75, 3.05) is 12.8 Å². The average Bonchev–Trinajstić information content (AvgIpc) is 2.58. The third-order valence-electron chi connectivity index (χ3n) is 3.73. The predicted molar refractivity (Wildman–Crippen MR) is 121 cm³/mol. The average molecular weight is 460 g/mol. The maximum absolute atomic E-state index is 12.6. The molecule has 31 heavy (non-hydrogen) atoms. The molecule has 1 aromatic carbocycles. The second kappa shape index (κ2) is 14.0.